The first-order valence-corrected chi connectivity index (χ1v) is 6.83. The van der Waals surface area contributed by atoms with Gasteiger partial charge >= 0.3 is 0 Å². The number of nitrogens with one attached hydrogen (secondary N) is 1. The molecule has 1 saturated heterocycles. The molecule has 0 saturated carbocycles. The second-order valence-corrected chi connectivity index (χ2v) is 4.87. The van der Waals surface area contributed by atoms with E-state index in [0.29, 0.717) is 12.1 Å². The average Bonchev–Trinajstić information content (AvgIpc) is 2.79. The van der Waals surface area contributed by atoms with Crippen molar-refractivity contribution in [1.29, 1.82) is 0 Å². The molecule has 3 N–H and O–H groups in total. The van der Waals surface area contributed by atoms with Crippen molar-refractivity contribution in [2.75, 3.05) is 19.8 Å². The third-order valence-electron chi connectivity index (χ3n) is 3.48. The van der Waals surface area contributed by atoms with Crippen LogP contribution in [0, 0.1) is 6.92 Å². The van der Waals surface area contributed by atoms with Gasteiger partial charge in [-0.25, -0.2) is 0 Å². The van der Waals surface area contributed by atoms with E-state index < -0.39 is 0 Å². The van der Waals surface area contributed by atoms with Crippen LogP contribution in [0.2, 0.25) is 0 Å². The number of aromatic nitrogens is 2. The predicted molar refractivity (Wildman–Crippen MR) is 71.9 cm³/mol. The number of aryl methyl sites for hydroxylation is 1. The molecular weight excluding hydrogens is 244 g/mol. The molecule has 0 aromatic carbocycles. The minimum Gasteiger partial charge on any atom is -0.381 e. The Bertz CT molecular complexity index is 424. The van der Waals surface area contributed by atoms with E-state index >= 15 is 0 Å². The molecule has 0 bridgehead atoms. The van der Waals surface area contributed by atoms with Gasteiger partial charge in [-0.05, 0) is 32.7 Å². The van der Waals surface area contributed by atoms with Crippen LogP contribution in [0.4, 0.5) is 0 Å². The number of ether oxygens (including phenoxy) is 1. The predicted octanol–water partition coefficient (Wildman–Crippen LogP) is 0.449. The Morgan fingerprint density at radius 3 is 3.00 bits per heavy atom. The fraction of sp³-hybridized carbons (Fsp3) is 0.692. The Balaban J connectivity index is 1.96. The van der Waals surface area contributed by atoms with Crippen LogP contribution in [0.1, 0.15) is 35.3 Å². The summed E-state index contributed by atoms with van der Waals surface area (Å²) in [7, 11) is 0. The second kappa shape index (κ2) is 6.68. The van der Waals surface area contributed by atoms with Crippen LogP contribution in [0.25, 0.3) is 0 Å². The molecule has 1 aromatic rings. The molecular formula is C13H22N4O2. The Kier molecular flexibility index (Phi) is 4.93. The molecule has 0 radical (unpaired) electrons. The highest BCUT2D eigenvalue weighted by Gasteiger charge is 2.19. The number of amides is 1. The lowest BCUT2D eigenvalue weighted by atomic mass is 10.1. The van der Waals surface area contributed by atoms with Crippen LogP contribution >= 0.6 is 0 Å². The summed E-state index contributed by atoms with van der Waals surface area (Å²) < 4.78 is 7.12. The zero-order valence-electron chi connectivity index (χ0n) is 11.4. The summed E-state index contributed by atoms with van der Waals surface area (Å²) in [6.45, 7) is 4.75. The van der Waals surface area contributed by atoms with Crippen molar-refractivity contribution >= 4 is 5.91 Å². The van der Waals surface area contributed by atoms with E-state index in [9.17, 15) is 4.79 Å². The summed E-state index contributed by atoms with van der Waals surface area (Å²) in [4.78, 5) is 12.2. The third kappa shape index (κ3) is 3.54. The summed E-state index contributed by atoms with van der Waals surface area (Å²) >= 11 is 0. The van der Waals surface area contributed by atoms with Crippen LogP contribution in [0.5, 0.6) is 0 Å². The van der Waals surface area contributed by atoms with Gasteiger partial charge in [-0.3, -0.25) is 9.48 Å². The van der Waals surface area contributed by atoms with E-state index in [0.717, 1.165) is 44.7 Å². The van der Waals surface area contributed by atoms with Gasteiger partial charge in [0, 0.05) is 31.5 Å². The lowest BCUT2D eigenvalue weighted by Gasteiger charge is -2.23. The van der Waals surface area contributed by atoms with Gasteiger partial charge in [0.05, 0.1) is 11.8 Å². The molecule has 0 spiro atoms. The van der Waals surface area contributed by atoms with E-state index in [1.807, 2.05) is 11.6 Å². The number of carbonyl (C=O) groups excluding carboxylic acids is 1. The summed E-state index contributed by atoms with van der Waals surface area (Å²) in [6.07, 6.45) is 4.27. The first-order chi connectivity index (χ1) is 9.22. The molecule has 6 nitrogen and oxygen atoms in total. The molecule has 19 heavy (non-hydrogen) atoms. The summed E-state index contributed by atoms with van der Waals surface area (Å²) in [5.41, 5.74) is 7.04. The molecule has 6 heteroatoms. The zero-order chi connectivity index (χ0) is 13.7. The first-order valence-electron chi connectivity index (χ1n) is 6.83. The molecule has 0 aliphatic carbocycles. The number of rotatable bonds is 5. The van der Waals surface area contributed by atoms with Gasteiger partial charge in [0.25, 0.3) is 5.91 Å². The van der Waals surface area contributed by atoms with Crippen molar-refractivity contribution in [2.24, 2.45) is 5.73 Å². The van der Waals surface area contributed by atoms with Crippen molar-refractivity contribution in [3.8, 4) is 0 Å². The van der Waals surface area contributed by atoms with Crippen molar-refractivity contribution < 1.29 is 9.53 Å². The van der Waals surface area contributed by atoms with E-state index in [-0.39, 0.29) is 11.9 Å². The summed E-state index contributed by atoms with van der Waals surface area (Å²) in [5.74, 6) is -0.0385. The van der Waals surface area contributed by atoms with Crippen LogP contribution in [-0.4, -0.2) is 41.5 Å². The number of hydrogen-bond acceptors (Lipinski definition) is 4. The SMILES string of the molecule is Cc1c(C(=O)NC2CCOCC2)cnn1CCCN. The molecule has 1 aliphatic heterocycles. The maximum atomic E-state index is 12.2. The van der Waals surface area contributed by atoms with Gasteiger partial charge in [-0.15, -0.1) is 0 Å². The minimum absolute atomic E-state index is 0.0385. The van der Waals surface area contributed by atoms with Gasteiger partial charge in [0.1, 0.15) is 0 Å². The van der Waals surface area contributed by atoms with E-state index in [1.165, 1.54) is 0 Å². The highest BCUT2D eigenvalue weighted by molar-refractivity contribution is 5.95. The molecule has 0 unspecified atom stereocenters. The van der Waals surface area contributed by atoms with Crippen LogP contribution in [0.15, 0.2) is 6.20 Å². The number of hydrogen-bond donors (Lipinski definition) is 2. The Morgan fingerprint density at radius 2 is 2.32 bits per heavy atom. The highest BCUT2D eigenvalue weighted by Crippen LogP contribution is 2.11. The summed E-state index contributed by atoms with van der Waals surface area (Å²) in [5, 5.41) is 7.29. The topological polar surface area (TPSA) is 82.2 Å². The molecule has 106 valence electrons. The van der Waals surface area contributed by atoms with Crippen molar-refractivity contribution in [1.82, 2.24) is 15.1 Å². The van der Waals surface area contributed by atoms with Crippen LogP contribution < -0.4 is 11.1 Å². The number of nitrogens with two attached hydrogens (primary N) is 1. The molecule has 2 heterocycles. The van der Waals surface area contributed by atoms with Gasteiger partial charge in [-0.1, -0.05) is 0 Å². The fourth-order valence-electron chi connectivity index (χ4n) is 2.24. The quantitative estimate of drug-likeness (QED) is 0.810. The minimum atomic E-state index is -0.0385. The first kappa shape index (κ1) is 14.0. The fourth-order valence-corrected chi connectivity index (χ4v) is 2.24. The van der Waals surface area contributed by atoms with Crippen molar-refractivity contribution in [3.05, 3.63) is 17.5 Å². The molecule has 1 fully saturated rings. The zero-order valence-corrected chi connectivity index (χ0v) is 11.4. The molecule has 1 amide bonds. The lowest BCUT2D eigenvalue weighted by molar-refractivity contribution is 0.0696. The van der Waals surface area contributed by atoms with Gasteiger partial charge < -0.3 is 15.8 Å². The van der Waals surface area contributed by atoms with Gasteiger partial charge in [0.15, 0.2) is 0 Å². The Labute approximate surface area is 113 Å². The Morgan fingerprint density at radius 1 is 1.58 bits per heavy atom. The molecule has 2 rings (SSSR count). The summed E-state index contributed by atoms with van der Waals surface area (Å²) in [6, 6.07) is 0.216. The largest absolute Gasteiger partial charge is 0.381 e. The smallest absolute Gasteiger partial charge is 0.254 e. The van der Waals surface area contributed by atoms with Gasteiger partial charge in [-0.2, -0.15) is 5.10 Å². The van der Waals surface area contributed by atoms with E-state index in [2.05, 4.69) is 10.4 Å². The van der Waals surface area contributed by atoms with Crippen LogP contribution in [-0.2, 0) is 11.3 Å². The molecule has 1 aliphatic rings. The molecule has 1 aromatic heterocycles. The normalized spacial score (nSPS) is 16.5. The second-order valence-electron chi connectivity index (χ2n) is 4.87. The molecule has 0 atom stereocenters. The van der Waals surface area contributed by atoms with Crippen LogP contribution in [0.3, 0.4) is 0 Å². The highest BCUT2D eigenvalue weighted by atomic mass is 16.5. The van der Waals surface area contributed by atoms with E-state index in [4.69, 9.17) is 10.5 Å². The maximum absolute atomic E-state index is 12.2. The standard InChI is InChI=1S/C13H22N4O2/c1-10-12(9-15-17(10)6-2-5-14)13(18)16-11-3-7-19-8-4-11/h9,11H,2-8,14H2,1H3,(H,16,18). The average molecular weight is 266 g/mol. The number of carbonyl (C=O) groups is 1. The van der Waals surface area contributed by atoms with Gasteiger partial charge in [0.2, 0.25) is 0 Å². The van der Waals surface area contributed by atoms with Crippen molar-refractivity contribution in [2.45, 2.75) is 38.8 Å². The monoisotopic (exact) mass is 266 g/mol. The van der Waals surface area contributed by atoms with E-state index in [1.54, 1.807) is 6.20 Å². The Hall–Kier alpha value is -1.40. The third-order valence-corrected chi connectivity index (χ3v) is 3.48. The van der Waals surface area contributed by atoms with Crippen molar-refractivity contribution in [3.63, 3.8) is 0 Å². The lowest BCUT2D eigenvalue weighted by Crippen LogP contribution is -2.39. The number of nitrogens with zero attached hydrogens (tertiary/aromatic N) is 2. The maximum Gasteiger partial charge on any atom is 0.254 e.